The van der Waals surface area contributed by atoms with E-state index in [-0.39, 0.29) is 5.78 Å². The van der Waals surface area contributed by atoms with Crippen LogP contribution in [0.3, 0.4) is 0 Å². The van der Waals surface area contributed by atoms with Crippen molar-refractivity contribution in [2.45, 2.75) is 25.9 Å². The second-order valence-electron chi connectivity index (χ2n) is 4.58. The molecule has 0 aliphatic rings. The number of nitrogens with zero attached hydrogens (tertiary/aromatic N) is 1. The molecule has 0 saturated heterocycles. The smallest absolute Gasteiger partial charge is 0.204 e. The van der Waals surface area contributed by atoms with Crippen molar-refractivity contribution in [2.75, 3.05) is 0 Å². The maximum atomic E-state index is 12.5. The number of hydrogen-bond acceptors (Lipinski definition) is 3. The zero-order chi connectivity index (χ0) is 15.2. The van der Waals surface area contributed by atoms with Gasteiger partial charge < -0.3 is 4.74 Å². The van der Waals surface area contributed by atoms with Crippen LogP contribution in [0.2, 0.25) is 10.0 Å². The van der Waals surface area contributed by atoms with E-state index in [2.05, 4.69) is 4.98 Å². The first-order valence-electron chi connectivity index (χ1n) is 6.67. The Bertz CT molecular complexity index is 617. The summed E-state index contributed by atoms with van der Waals surface area (Å²) in [4.78, 5) is 16.4. The number of Topliss-reactive ketones (excluding diaryl/α,β-unsaturated/α-hetero) is 1. The molecule has 21 heavy (non-hydrogen) atoms. The van der Waals surface area contributed by atoms with Crippen LogP contribution in [0, 0.1) is 0 Å². The normalized spacial score (nSPS) is 12.0. The molecule has 5 heteroatoms. The fourth-order valence-electron chi connectivity index (χ4n) is 1.92. The highest BCUT2D eigenvalue weighted by Gasteiger charge is 2.22. The van der Waals surface area contributed by atoms with Crippen molar-refractivity contribution in [2.24, 2.45) is 0 Å². The predicted molar refractivity (Wildman–Crippen MR) is 84.4 cm³/mol. The third-order valence-corrected chi connectivity index (χ3v) is 3.48. The lowest BCUT2D eigenvalue weighted by Crippen LogP contribution is -2.27. The van der Waals surface area contributed by atoms with E-state index in [1.54, 1.807) is 36.5 Å². The lowest BCUT2D eigenvalue weighted by Gasteiger charge is -2.18. The molecule has 0 radical (unpaired) electrons. The molecule has 1 aromatic carbocycles. The van der Waals surface area contributed by atoms with E-state index in [1.807, 2.05) is 6.92 Å². The first-order chi connectivity index (χ1) is 10.1. The maximum Gasteiger partial charge on any atom is 0.204 e. The van der Waals surface area contributed by atoms with Crippen molar-refractivity contribution >= 4 is 29.0 Å². The molecule has 1 unspecified atom stereocenters. The number of aromatic nitrogens is 1. The number of pyridine rings is 1. The molecule has 0 spiro atoms. The van der Waals surface area contributed by atoms with Gasteiger partial charge in [-0.3, -0.25) is 9.78 Å². The van der Waals surface area contributed by atoms with Crippen molar-refractivity contribution in [3.63, 3.8) is 0 Å². The van der Waals surface area contributed by atoms with Gasteiger partial charge in [-0.05, 0) is 36.8 Å². The Kier molecular flexibility index (Phi) is 5.59. The summed E-state index contributed by atoms with van der Waals surface area (Å²) in [6.45, 7) is 2.00. The number of carbonyl (C=O) groups excluding carboxylic acids is 1. The maximum absolute atomic E-state index is 12.5. The highest BCUT2D eigenvalue weighted by atomic mass is 35.5. The lowest BCUT2D eigenvalue weighted by molar-refractivity contribution is 0.0777. The van der Waals surface area contributed by atoms with Gasteiger partial charge in [0, 0.05) is 23.0 Å². The van der Waals surface area contributed by atoms with E-state index in [9.17, 15) is 4.79 Å². The molecule has 0 aliphatic heterocycles. The van der Waals surface area contributed by atoms with Gasteiger partial charge in [-0.2, -0.15) is 0 Å². The van der Waals surface area contributed by atoms with Gasteiger partial charge in [0.2, 0.25) is 5.78 Å². The average molecular weight is 324 g/mol. The van der Waals surface area contributed by atoms with Crippen LogP contribution in [0.15, 0.2) is 42.7 Å². The number of rotatable bonds is 6. The van der Waals surface area contributed by atoms with E-state index in [0.29, 0.717) is 27.8 Å². The van der Waals surface area contributed by atoms with Crippen LogP contribution < -0.4 is 4.74 Å². The predicted octanol–water partition coefficient (Wildman–Crippen LogP) is 4.82. The van der Waals surface area contributed by atoms with Crippen LogP contribution in [0.5, 0.6) is 5.75 Å². The van der Waals surface area contributed by atoms with Crippen LogP contribution in [-0.2, 0) is 0 Å². The zero-order valence-corrected chi connectivity index (χ0v) is 13.1. The Morgan fingerprint density at radius 2 is 2.14 bits per heavy atom. The summed E-state index contributed by atoms with van der Waals surface area (Å²) in [5, 5.41) is 0.917. The van der Waals surface area contributed by atoms with Gasteiger partial charge in [-0.1, -0.05) is 36.5 Å². The molecule has 0 aliphatic carbocycles. The fourth-order valence-corrected chi connectivity index (χ4v) is 2.38. The third kappa shape index (κ3) is 4.19. The molecule has 2 rings (SSSR count). The Hall–Kier alpha value is -1.58. The van der Waals surface area contributed by atoms with E-state index >= 15 is 0 Å². The first-order valence-corrected chi connectivity index (χ1v) is 7.43. The molecule has 110 valence electrons. The van der Waals surface area contributed by atoms with E-state index in [0.717, 1.165) is 6.42 Å². The number of halogens is 2. The van der Waals surface area contributed by atoms with E-state index in [4.69, 9.17) is 27.9 Å². The van der Waals surface area contributed by atoms with Crippen molar-refractivity contribution in [3.8, 4) is 5.75 Å². The molecular weight excluding hydrogens is 309 g/mol. The summed E-state index contributed by atoms with van der Waals surface area (Å²) in [6, 6.07) is 8.40. The number of ketones is 1. The van der Waals surface area contributed by atoms with Crippen molar-refractivity contribution in [3.05, 3.63) is 58.3 Å². The van der Waals surface area contributed by atoms with E-state index in [1.165, 1.54) is 6.20 Å². The summed E-state index contributed by atoms with van der Waals surface area (Å²) in [6.07, 6.45) is 4.01. The van der Waals surface area contributed by atoms with Gasteiger partial charge in [0.1, 0.15) is 5.75 Å². The third-order valence-electron chi connectivity index (χ3n) is 2.95. The van der Waals surface area contributed by atoms with Crippen LogP contribution >= 0.6 is 23.2 Å². The van der Waals surface area contributed by atoms with Gasteiger partial charge in [-0.15, -0.1) is 0 Å². The second-order valence-corrected chi connectivity index (χ2v) is 5.42. The first kappa shape index (κ1) is 15.8. The van der Waals surface area contributed by atoms with Gasteiger partial charge in [0.15, 0.2) is 6.10 Å². The Morgan fingerprint density at radius 3 is 2.76 bits per heavy atom. The van der Waals surface area contributed by atoms with Crippen LogP contribution in [0.25, 0.3) is 0 Å². The molecule has 0 N–H and O–H groups in total. The molecule has 1 aromatic heterocycles. The van der Waals surface area contributed by atoms with Crippen LogP contribution in [-0.4, -0.2) is 16.9 Å². The van der Waals surface area contributed by atoms with Gasteiger partial charge in [0.05, 0.1) is 5.02 Å². The Morgan fingerprint density at radius 1 is 1.33 bits per heavy atom. The summed E-state index contributed by atoms with van der Waals surface area (Å²) in [5.74, 6) is 0.354. The molecule has 0 bridgehead atoms. The minimum atomic E-state index is -0.585. The summed E-state index contributed by atoms with van der Waals surface area (Å²) >= 11 is 11.9. The highest BCUT2D eigenvalue weighted by molar-refractivity contribution is 6.35. The Balaban J connectivity index is 2.21. The van der Waals surface area contributed by atoms with Crippen LogP contribution in [0.1, 0.15) is 30.1 Å². The number of ether oxygens (including phenoxy) is 1. The van der Waals surface area contributed by atoms with Gasteiger partial charge in [0.25, 0.3) is 0 Å². The zero-order valence-electron chi connectivity index (χ0n) is 11.6. The minimum absolute atomic E-state index is 0.101. The fraction of sp³-hybridized carbons (Fsp3) is 0.250. The van der Waals surface area contributed by atoms with Crippen molar-refractivity contribution < 1.29 is 9.53 Å². The number of hydrogen-bond donors (Lipinski definition) is 0. The monoisotopic (exact) mass is 323 g/mol. The molecule has 0 amide bonds. The molecule has 0 fully saturated rings. The Labute approximate surface area is 133 Å². The number of carbonyl (C=O) groups is 1. The van der Waals surface area contributed by atoms with E-state index < -0.39 is 6.10 Å². The van der Waals surface area contributed by atoms with Crippen molar-refractivity contribution in [1.82, 2.24) is 4.98 Å². The molecule has 1 heterocycles. The average Bonchev–Trinajstić information content (AvgIpc) is 2.49. The minimum Gasteiger partial charge on any atom is -0.481 e. The summed E-state index contributed by atoms with van der Waals surface area (Å²) < 4.78 is 5.79. The topological polar surface area (TPSA) is 39.2 Å². The largest absolute Gasteiger partial charge is 0.481 e. The summed E-state index contributed by atoms with van der Waals surface area (Å²) in [5.41, 5.74) is 0.529. The number of benzene rings is 1. The lowest BCUT2D eigenvalue weighted by atomic mass is 10.0. The molecular formula is C16H15Cl2NO2. The molecule has 1 atom stereocenters. The van der Waals surface area contributed by atoms with Crippen LogP contribution in [0.4, 0.5) is 0 Å². The molecule has 0 saturated carbocycles. The highest BCUT2D eigenvalue weighted by Crippen LogP contribution is 2.29. The molecule has 2 aromatic rings. The second kappa shape index (κ2) is 7.43. The van der Waals surface area contributed by atoms with Gasteiger partial charge >= 0.3 is 0 Å². The summed E-state index contributed by atoms with van der Waals surface area (Å²) in [7, 11) is 0. The van der Waals surface area contributed by atoms with Crippen molar-refractivity contribution in [1.29, 1.82) is 0 Å². The molecule has 3 nitrogen and oxygen atoms in total. The SMILES string of the molecule is CCCC(Oc1ccc(Cl)cc1Cl)C(=O)c1cccnc1. The van der Waals surface area contributed by atoms with Gasteiger partial charge in [-0.25, -0.2) is 0 Å². The quantitative estimate of drug-likeness (QED) is 0.715. The standard InChI is InChI=1S/C16H15Cl2NO2/c1-2-4-15(16(20)11-5-3-8-19-10-11)21-14-7-6-12(17)9-13(14)18/h3,5-10,15H,2,4H2,1H3.